The molecule has 2 N–H and O–H groups in total. The predicted octanol–water partition coefficient (Wildman–Crippen LogP) is 17.4. The molecule has 0 aromatic carbocycles. The van der Waals surface area contributed by atoms with Crippen LogP contribution in [0.3, 0.4) is 0 Å². The predicted molar refractivity (Wildman–Crippen MR) is 304 cm³/mol. The van der Waals surface area contributed by atoms with Crippen molar-refractivity contribution in [2.24, 2.45) is 0 Å². The maximum Gasteiger partial charge on any atom is 0.472 e. The molecule has 0 aromatic heterocycles. The van der Waals surface area contributed by atoms with E-state index in [0.717, 1.165) is 103 Å². The number of esters is 1. The molecule has 9 nitrogen and oxygen atoms in total. The first-order valence-electron chi connectivity index (χ1n) is 28.9. The molecule has 0 aliphatic heterocycles. The number of carbonyl (C=O) groups is 2. The Morgan fingerprint density at radius 1 is 0.521 bits per heavy atom. The number of phosphoric acid groups is 1. The van der Waals surface area contributed by atoms with Crippen LogP contribution in [0.25, 0.3) is 0 Å². The summed E-state index contributed by atoms with van der Waals surface area (Å²) in [6.45, 7) is 6.81. The molecule has 3 atom stereocenters. The molecule has 0 saturated heterocycles. The lowest BCUT2D eigenvalue weighted by atomic mass is 10.0. The first-order valence-corrected chi connectivity index (χ1v) is 30.4. The average Bonchev–Trinajstić information content (AvgIpc) is 3.33. The Morgan fingerprint density at radius 2 is 0.958 bits per heavy atom. The first-order chi connectivity index (χ1) is 34.4. The highest BCUT2D eigenvalue weighted by Gasteiger charge is 2.30. The highest BCUT2D eigenvalue weighted by Crippen LogP contribution is 2.43. The van der Waals surface area contributed by atoms with Crippen LogP contribution >= 0.6 is 7.82 Å². The van der Waals surface area contributed by atoms with E-state index in [1.807, 2.05) is 33.3 Å². The molecule has 0 radical (unpaired) electrons. The number of nitrogens with one attached hydrogen (secondary N) is 1. The molecule has 10 heteroatoms. The fourth-order valence-corrected chi connectivity index (χ4v) is 8.62. The lowest BCUT2D eigenvalue weighted by molar-refractivity contribution is -0.870. The summed E-state index contributed by atoms with van der Waals surface area (Å²) in [5, 5.41) is 3.04. The van der Waals surface area contributed by atoms with Gasteiger partial charge in [-0.15, -0.1) is 0 Å². The van der Waals surface area contributed by atoms with Gasteiger partial charge in [0, 0.05) is 12.8 Å². The zero-order valence-electron chi connectivity index (χ0n) is 46.7. The minimum atomic E-state index is -4.45. The van der Waals surface area contributed by atoms with Crippen molar-refractivity contribution < 1.29 is 37.3 Å². The van der Waals surface area contributed by atoms with Gasteiger partial charge in [0.25, 0.3) is 0 Å². The van der Waals surface area contributed by atoms with Crippen molar-refractivity contribution >= 4 is 19.7 Å². The van der Waals surface area contributed by atoms with Gasteiger partial charge >= 0.3 is 13.8 Å². The summed E-state index contributed by atoms with van der Waals surface area (Å²) in [6, 6.07) is -0.863. The highest BCUT2D eigenvalue weighted by atomic mass is 31.2. The van der Waals surface area contributed by atoms with Crippen molar-refractivity contribution in [2.75, 3.05) is 40.9 Å². The molecule has 0 aromatic rings. The van der Waals surface area contributed by atoms with Crippen LogP contribution in [0, 0.1) is 0 Å². The van der Waals surface area contributed by atoms with E-state index >= 15 is 0 Å². The van der Waals surface area contributed by atoms with E-state index in [1.165, 1.54) is 96.3 Å². The number of allylic oxidation sites excluding steroid dienone is 13. The number of quaternary nitrogens is 1. The number of likely N-dealkylation sites (N-methyl/N-ethyl adjacent to an activating group) is 1. The Bertz CT molecular complexity index is 1490. The molecule has 0 saturated carbocycles. The maximum absolute atomic E-state index is 13.5. The summed E-state index contributed by atoms with van der Waals surface area (Å²) in [6.07, 6.45) is 65.8. The largest absolute Gasteiger partial charge is 0.472 e. The molecular weight excluding hydrogens is 904 g/mol. The van der Waals surface area contributed by atoms with Gasteiger partial charge in [0.1, 0.15) is 19.3 Å². The molecule has 410 valence electrons. The molecule has 1 amide bonds. The van der Waals surface area contributed by atoms with Crippen LogP contribution in [0.5, 0.6) is 0 Å². The van der Waals surface area contributed by atoms with Gasteiger partial charge in [-0.1, -0.05) is 222 Å². The molecule has 0 aliphatic carbocycles. The summed E-state index contributed by atoms with van der Waals surface area (Å²) in [7, 11) is 1.47. The second-order valence-electron chi connectivity index (χ2n) is 20.5. The third-order valence-corrected chi connectivity index (χ3v) is 13.4. The molecule has 0 heterocycles. The minimum absolute atomic E-state index is 0.0314. The topological polar surface area (TPSA) is 111 Å². The van der Waals surface area contributed by atoms with Gasteiger partial charge in [0.15, 0.2) is 0 Å². The minimum Gasteiger partial charge on any atom is -0.456 e. The summed E-state index contributed by atoms with van der Waals surface area (Å²) in [5.74, 6) is -0.542. The zero-order chi connectivity index (χ0) is 52.2. The van der Waals surface area contributed by atoms with Crippen LogP contribution in [0.15, 0.2) is 85.1 Å². The molecule has 0 bridgehead atoms. The van der Waals surface area contributed by atoms with E-state index in [0.29, 0.717) is 23.9 Å². The summed E-state index contributed by atoms with van der Waals surface area (Å²) < 4.78 is 30.6. The van der Waals surface area contributed by atoms with Gasteiger partial charge < -0.3 is 19.4 Å². The van der Waals surface area contributed by atoms with Gasteiger partial charge in [-0.2, -0.15) is 0 Å². The van der Waals surface area contributed by atoms with Gasteiger partial charge in [-0.25, -0.2) is 4.57 Å². The number of unbranched alkanes of at least 4 members (excludes halogenated alkanes) is 25. The molecule has 0 rings (SSSR count). The number of hydrogen-bond acceptors (Lipinski definition) is 6. The van der Waals surface area contributed by atoms with Crippen LogP contribution in [0.2, 0.25) is 0 Å². The Kier molecular flexibility index (Phi) is 48.7. The second-order valence-corrected chi connectivity index (χ2v) is 21.9. The maximum atomic E-state index is 13.5. The van der Waals surface area contributed by atoms with Crippen molar-refractivity contribution in [3.8, 4) is 0 Å². The molecule has 0 spiro atoms. The smallest absolute Gasteiger partial charge is 0.456 e. The number of carbonyl (C=O) groups excluding carboxylic acids is 2. The monoisotopic (exact) mass is 1010 g/mol. The van der Waals surface area contributed by atoms with Gasteiger partial charge in [0.2, 0.25) is 5.91 Å². The van der Waals surface area contributed by atoms with Crippen molar-refractivity contribution in [3.05, 3.63) is 85.1 Å². The zero-order valence-corrected chi connectivity index (χ0v) is 47.6. The van der Waals surface area contributed by atoms with Crippen molar-refractivity contribution in [1.29, 1.82) is 0 Å². The van der Waals surface area contributed by atoms with Crippen LogP contribution < -0.4 is 5.32 Å². The molecular formula is C61H110N2O7P+. The number of rotatable bonds is 51. The Hall–Kier alpha value is -2.81. The number of ether oxygens (including phenoxy) is 1. The van der Waals surface area contributed by atoms with Gasteiger partial charge in [-0.3, -0.25) is 18.6 Å². The van der Waals surface area contributed by atoms with Gasteiger partial charge in [0.05, 0.1) is 33.8 Å². The first kappa shape index (κ1) is 68.2. The van der Waals surface area contributed by atoms with Crippen molar-refractivity contribution in [3.63, 3.8) is 0 Å². The van der Waals surface area contributed by atoms with Crippen LogP contribution in [0.4, 0.5) is 0 Å². The summed E-state index contributed by atoms with van der Waals surface area (Å²) in [4.78, 5) is 37.6. The Labute approximate surface area is 437 Å². The second kappa shape index (κ2) is 50.7. The number of nitrogens with zero attached hydrogens (tertiary/aromatic N) is 1. The van der Waals surface area contributed by atoms with Crippen LogP contribution in [0.1, 0.15) is 239 Å². The third-order valence-electron chi connectivity index (χ3n) is 12.4. The van der Waals surface area contributed by atoms with Crippen LogP contribution in [-0.4, -0.2) is 74.3 Å². The number of amides is 1. The highest BCUT2D eigenvalue weighted by molar-refractivity contribution is 7.47. The third kappa shape index (κ3) is 51.9. The normalized spacial score (nSPS) is 14.4. The lowest BCUT2D eigenvalue weighted by Gasteiger charge is -2.27. The SMILES string of the molecule is CC/C=C/C=C/C=C\CCCCCCCC(=O)OC(/C=C\CCCCCCCCCCC)C(COP(=O)(O)OCC[N+](C)(C)C)NC(=O)CCCCCCCCCC/C=C\C/C=C\C/C=C\CCCCC. The lowest BCUT2D eigenvalue weighted by Crippen LogP contribution is -2.47. The molecule has 71 heavy (non-hydrogen) atoms. The Balaban J connectivity index is 5.28. The molecule has 0 fully saturated rings. The quantitative estimate of drug-likeness (QED) is 0.0156. The van der Waals surface area contributed by atoms with E-state index in [-0.39, 0.29) is 31.5 Å². The van der Waals surface area contributed by atoms with Crippen molar-refractivity contribution in [2.45, 2.75) is 251 Å². The molecule has 0 aliphatic rings. The van der Waals surface area contributed by atoms with E-state index in [4.69, 9.17) is 13.8 Å². The summed E-state index contributed by atoms with van der Waals surface area (Å²) in [5.41, 5.74) is 0. The Morgan fingerprint density at radius 3 is 1.49 bits per heavy atom. The fraction of sp³-hybridized carbons (Fsp3) is 0.738. The van der Waals surface area contributed by atoms with Gasteiger partial charge in [-0.05, 0) is 89.5 Å². The van der Waals surface area contributed by atoms with E-state index in [1.54, 1.807) is 0 Å². The molecule has 3 unspecified atom stereocenters. The van der Waals surface area contributed by atoms with Crippen molar-refractivity contribution in [1.82, 2.24) is 5.32 Å². The van der Waals surface area contributed by atoms with E-state index in [9.17, 15) is 19.0 Å². The van der Waals surface area contributed by atoms with Crippen LogP contribution in [-0.2, 0) is 27.9 Å². The average molecular weight is 1010 g/mol. The number of phosphoric ester groups is 1. The fourth-order valence-electron chi connectivity index (χ4n) is 7.89. The number of hydrogen-bond donors (Lipinski definition) is 2. The van der Waals surface area contributed by atoms with E-state index in [2.05, 4.69) is 99.0 Å². The summed E-state index contributed by atoms with van der Waals surface area (Å²) >= 11 is 0. The van der Waals surface area contributed by atoms with E-state index < -0.39 is 20.0 Å². The standard InChI is InChI=1S/C61H109N2O7P/c1-7-10-13-16-19-22-25-27-28-29-30-31-32-33-34-36-38-41-44-47-50-53-60(64)62-58(57-69-71(66,67)68-56-55-63(4,5)6)59(52-49-46-43-40-37-24-21-18-15-12-9-3)70-61(65)54-51-48-45-42-39-35-26-23-20-17-14-11-8-2/h11,14,17,19-20,22-23,26-28,30-31,49,52,58-59H,7-10,12-13,15-16,18,21,24-25,29,32-48,50-51,53-57H2,1-6H3,(H-,62,64,66,67)/p+1/b14-11+,20-17+,22-19-,26-23-,28-27-,31-30-,52-49-.